The summed E-state index contributed by atoms with van der Waals surface area (Å²) in [6.07, 6.45) is 6.09. The van der Waals surface area contributed by atoms with E-state index in [1.165, 1.54) is 10.5 Å². The Morgan fingerprint density at radius 1 is 1.16 bits per heavy atom. The summed E-state index contributed by atoms with van der Waals surface area (Å²) in [7, 11) is 0. The number of thiazole rings is 1. The summed E-state index contributed by atoms with van der Waals surface area (Å²) in [5, 5.41) is 21.2. The van der Waals surface area contributed by atoms with Gasteiger partial charge in [0.15, 0.2) is 6.54 Å². The number of ether oxygens (including phenoxy) is 1. The predicted octanol–water partition coefficient (Wildman–Crippen LogP) is 4.30. The molecule has 168 valence electrons. The largest absolute Gasteiger partial charge is 0.491 e. The number of aryl methyl sites for hydroxylation is 1. The van der Waals surface area contributed by atoms with Crippen LogP contribution in [0, 0.1) is 6.92 Å². The maximum absolute atomic E-state index is 12.5. The third-order valence-corrected chi connectivity index (χ3v) is 7.32. The highest BCUT2D eigenvalue weighted by Gasteiger charge is 2.24. The summed E-state index contributed by atoms with van der Waals surface area (Å²) in [5.74, 6) is 0.618. The molecule has 1 aliphatic rings. The molecular weight excluding hydrogens is 446 g/mol. The van der Waals surface area contributed by atoms with Crippen LogP contribution >= 0.6 is 23.1 Å². The van der Waals surface area contributed by atoms with Gasteiger partial charge in [-0.1, -0.05) is 35.2 Å². The maximum atomic E-state index is 12.5. The number of nitrogens with zero attached hydrogens (tertiary/aromatic N) is 2. The van der Waals surface area contributed by atoms with Gasteiger partial charge in [-0.2, -0.15) is 4.57 Å². The molecule has 3 aromatic rings. The van der Waals surface area contributed by atoms with Crippen LogP contribution in [-0.2, 0) is 6.54 Å². The molecule has 1 aromatic heterocycles. The average Bonchev–Trinajstić information content (AvgIpc) is 3.30. The second kappa shape index (κ2) is 10.5. The minimum Gasteiger partial charge on any atom is -0.491 e. The van der Waals surface area contributed by atoms with Gasteiger partial charge in [-0.15, -0.1) is 0 Å². The van der Waals surface area contributed by atoms with Crippen molar-refractivity contribution in [1.29, 1.82) is 0 Å². The van der Waals surface area contributed by atoms with Gasteiger partial charge in [0.2, 0.25) is 5.52 Å². The molecule has 0 radical (unpaired) electrons. The molecule has 0 amide bonds. The van der Waals surface area contributed by atoms with Crippen molar-refractivity contribution in [2.45, 2.75) is 18.4 Å². The second-order valence-electron chi connectivity index (χ2n) is 7.30. The second-order valence-corrected chi connectivity index (χ2v) is 9.42. The standard InChI is InChI=1S/C24H26FN2O3S2/c1-17-5-7-21-19(15-17)26(10-12-28)23(31-21)3-2-4-24-27(11-13-29)20-16-18(30-14-9-25)6-8-22(20)32-24/h2-8,15-16,28-29H,9-14H2,1H3/q+1/i25-1. The minimum absolute atomic E-state index is 0.0167. The first-order valence-corrected chi connectivity index (χ1v) is 12.1. The third-order valence-electron chi connectivity index (χ3n) is 5.06. The van der Waals surface area contributed by atoms with Gasteiger partial charge in [0, 0.05) is 17.5 Å². The van der Waals surface area contributed by atoms with Crippen LogP contribution in [0.15, 0.2) is 58.5 Å². The summed E-state index contributed by atoms with van der Waals surface area (Å²) in [5.41, 5.74) is 3.27. The molecule has 5 nitrogen and oxygen atoms in total. The average molecular weight is 473 g/mol. The molecule has 0 saturated heterocycles. The van der Waals surface area contributed by atoms with Crippen LogP contribution in [0.5, 0.6) is 5.75 Å². The molecule has 0 saturated carbocycles. The summed E-state index contributed by atoms with van der Waals surface area (Å²) in [4.78, 5) is 3.32. The number of anilines is 1. The molecule has 0 atom stereocenters. The lowest BCUT2D eigenvalue weighted by molar-refractivity contribution is -0.670. The first-order valence-electron chi connectivity index (χ1n) is 10.5. The zero-order valence-corrected chi connectivity index (χ0v) is 19.5. The van der Waals surface area contributed by atoms with Gasteiger partial charge in [0.1, 0.15) is 30.3 Å². The van der Waals surface area contributed by atoms with Crippen LogP contribution in [-0.4, -0.2) is 43.3 Å². The van der Waals surface area contributed by atoms with E-state index in [-0.39, 0.29) is 19.8 Å². The molecule has 32 heavy (non-hydrogen) atoms. The number of hydrogen-bond donors (Lipinski definition) is 2. The van der Waals surface area contributed by atoms with E-state index in [4.69, 9.17) is 4.74 Å². The van der Waals surface area contributed by atoms with Crippen molar-refractivity contribution in [3.8, 4) is 5.75 Å². The Morgan fingerprint density at radius 3 is 2.81 bits per heavy atom. The number of aromatic nitrogens is 1. The van der Waals surface area contributed by atoms with Gasteiger partial charge in [-0.05, 0) is 42.8 Å². The maximum Gasteiger partial charge on any atom is 0.262 e. The number of β-amino-alcohol motifs (C(OH)–C–C–N with tert-alkyl or cyclic N) is 1. The molecule has 0 unspecified atom stereocenters. The highest BCUT2D eigenvalue weighted by atomic mass is 32.2. The van der Waals surface area contributed by atoms with Gasteiger partial charge >= 0.3 is 0 Å². The first-order chi connectivity index (χ1) is 15.6. The molecule has 2 N–H and O–H groups in total. The van der Waals surface area contributed by atoms with Crippen molar-refractivity contribution in [1.82, 2.24) is 0 Å². The Bertz CT molecular complexity index is 1160. The summed E-state index contributed by atoms with van der Waals surface area (Å²) in [6.45, 7) is 2.66. The highest BCUT2D eigenvalue weighted by molar-refractivity contribution is 8.03. The number of alkyl halides is 1. The van der Waals surface area contributed by atoms with Crippen LogP contribution in [0.1, 0.15) is 10.6 Å². The number of allylic oxidation sites excluding steroid dienone is 2. The summed E-state index contributed by atoms with van der Waals surface area (Å²) >= 11 is 3.32. The Labute approximate surface area is 195 Å². The van der Waals surface area contributed by atoms with Gasteiger partial charge < -0.3 is 19.8 Å². The van der Waals surface area contributed by atoms with Crippen LogP contribution in [0.25, 0.3) is 16.3 Å². The van der Waals surface area contributed by atoms with Gasteiger partial charge in [0.05, 0.1) is 23.4 Å². The fourth-order valence-electron chi connectivity index (χ4n) is 3.66. The topological polar surface area (TPSA) is 56.8 Å². The number of aliphatic hydroxyl groups is 2. The molecule has 0 spiro atoms. The van der Waals surface area contributed by atoms with E-state index in [0.717, 1.165) is 25.9 Å². The SMILES string of the molecule is Cc1ccc2c(c1)N(CCO)/C(=C/C=C/c1sc3ccc(OCC[18F])cc3[n+]1CCO)S2. The van der Waals surface area contributed by atoms with E-state index in [9.17, 15) is 14.6 Å². The van der Waals surface area contributed by atoms with Crippen LogP contribution in [0.4, 0.5) is 10.1 Å². The Morgan fingerprint density at radius 2 is 2.03 bits per heavy atom. The number of fused-ring (bicyclic) bond motifs is 2. The Balaban J connectivity index is 1.63. The van der Waals surface area contributed by atoms with E-state index in [1.807, 2.05) is 34.9 Å². The van der Waals surface area contributed by atoms with E-state index in [2.05, 4.69) is 36.1 Å². The quantitative estimate of drug-likeness (QED) is 0.455. The monoisotopic (exact) mass is 472 g/mol. The molecule has 4 rings (SSSR count). The van der Waals surface area contributed by atoms with E-state index < -0.39 is 6.67 Å². The van der Waals surface area contributed by atoms with Gasteiger partial charge in [-0.25, -0.2) is 4.39 Å². The van der Waals surface area contributed by atoms with Crippen molar-refractivity contribution in [3.63, 3.8) is 0 Å². The van der Waals surface area contributed by atoms with E-state index >= 15 is 0 Å². The van der Waals surface area contributed by atoms with Crippen molar-refractivity contribution < 1.29 is 23.9 Å². The number of halogens is 1. The van der Waals surface area contributed by atoms with Gasteiger partial charge in [-0.3, -0.25) is 0 Å². The molecular formula is C24H26FN2O3S2+. The number of rotatable bonds is 9. The van der Waals surface area contributed by atoms with Crippen molar-refractivity contribution >= 4 is 45.1 Å². The summed E-state index contributed by atoms with van der Waals surface area (Å²) < 4.78 is 21.0. The van der Waals surface area contributed by atoms with E-state index in [1.54, 1.807) is 23.1 Å². The molecule has 2 aromatic carbocycles. The summed E-state index contributed by atoms with van der Waals surface area (Å²) in [6, 6.07) is 12.1. The fourth-order valence-corrected chi connectivity index (χ4v) is 5.82. The normalized spacial score (nSPS) is 14.8. The zero-order valence-electron chi connectivity index (χ0n) is 17.8. The number of thioether (sulfide) groups is 1. The molecule has 2 heterocycles. The van der Waals surface area contributed by atoms with Crippen molar-refractivity contribution in [3.05, 3.63) is 64.2 Å². The third kappa shape index (κ3) is 4.83. The van der Waals surface area contributed by atoms with Crippen LogP contribution < -0.4 is 14.2 Å². The molecule has 0 bridgehead atoms. The lowest BCUT2D eigenvalue weighted by Gasteiger charge is -2.19. The lowest BCUT2D eigenvalue weighted by Crippen LogP contribution is -2.36. The number of benzene rings is 2. The zero-order chi connectivity index (χ0) is 22.5. The minimum atomic E-state index is -0.532. The smallest absolute Gasteiger partial charge is 0.262 e. The molecule has 0 aliphatic carbocycles. The van der Waals surface area contributed by atoms with Crippen molar-refractivity contribution in [2.75, 3.05) is 37.9 Å². The number of aliphatic hydroxyl groups excluding tert-OH is 2. The molecule has 8 heteroatoms. The van der Waals surface area contributed by atoms with Gasteiger partial charge in [0.25, 0.3) is 5.01 Å². The number of hydrogen-bond acceptors (Lipinski definition) is 6. The fraction of sp³-hybridized carbons (Fsp3) is 0.292. The first kappa shape index (κ1) is 22.8. The van der Waals surface area contributed by atoms with E-state index in [0.29, 0.717) is 18.8 Å². The molecule has 0 fully saturated rings. The van der Waals surface area contributed by atoms with Crippen molar-refractivity contribution in [2.24, 2.45) is 0 Å². The Hall–Kier alpha value is -2.39. The lowest BCUT2D eigenvalue weighted by atomic mass is 10.2. The van der Waals surface area contributed by atoms with Crippen LogP contribution in [0.3, 0.4) is 0 Å². The predicted molar refractivity (Wildman–Crippen MR) is 129 cm³/mol. The molecule has 1 aliphatic heterocycles. The van der Waals surface area contributed by atoms with Crippen LogP contribution in [0.2, 0.25) is 0 Å². The Kier molecular flexibility index (Phi) is 7.47. The highest BCUT2D eigenvalue weighted by Crippen LogP contribution is 2.46.